The summed E-state index contributed by atoms with van der Waals surface area (Å²) in [4.78, 5) is 24.1. The predicted octanol–water partition coefficient (Wildman–Crippen LogP) is 4.25. The number of carbonyl (C=O) groups is 2. The average molecular weight is 402 g/mol. The molecule has 1 atom stereocenters. The van der Waals surface area contributed by atoms with Gasteiger partial charge >= 0.3 is 11.9 Å². The molecule has 5 nitrogen and oxygen atoms in total. The third-order valence-electron chi connectivity index (χ3n) is 5.17. The minimum absolute atomic E-state index is 0.368. The van der Waals surface area contributed by atoms with Gasteiger partial charge < -0.3 is 14.6 Å². The summed E-state index contributed by atoms with van der Waals surface area (Å²) in [7, 11) is 0. The summed E-state index contributed by atoms with van der Waals surface area (Å²) in [6, 6.07) is 18.7. The van der Waals surface area contributed by atoms with Gasteiger partial charge in [-0.15, -0.1) is 0 Å². The molecule has 0 aromatic heterocycles. The molecule has 30 heavy (non-hydrogen) atoms. The first-order valence-corrected chi connectivity index (χ1v) is 9.98. The Labute approximate surface area is 174 Å². The maximum absolute atomic E-state index is 12.5. The highest BCUT2D eigenvalue weighted by molar-refractivity contribution is 5.93. The lowest BCUT2D eigenvalue weighted by molar-refractivity contribution is -0.132. The highest BCUT2D eigenvalue weighted by atomic mass is 16.6. The van der Waals surface area contributed by atoms with Crippen LogP contribution in [0.3, 0.4) is 0 Å². The molecule has 0 bridgehead atoms. The Balaban J connectivity index is 1.43. The molecule has 1 N–H and O–H groups in total. The van der Waals surface area contributed by atoms with Crippen LogP contribution >= 0.6 is 0 Å². The fraction of sp³-hybridized carbons (Fsp3) is 0.200. The first-order chi connectivity index (χ1) is 14.6. The van der Waals surface area contributed by atoms with Crippen molar-refractivity contribution in [2.24, 2.45) is 0 Å². The summed E-state index contributed by atoms with van der Waals surface area (Å²) in [5.41, 5.74) is 2.95. The summed E-state index contributed by atoms with van der Waals surface area (Å²) in [6.07, 6.45) is 4.84. The number of aliphatic hydroxyl groups is 1. The van der Waals surface area contributed by atoms with Crippen molar-refractivity contribution < 1.29 is 24.2 Å². The molecular weight excluding hydrogens is 380 g/mol. The van der Waals surface area contributed by atoms with Gasteiger partial charge in [0.15, 0.2) is 0 Å². The van der Waals surface area contributed by atoms with Crippen LogP contribution in [0.25, 0.3) is 0 Å². The van der Waals surface area contributed by atoms with Gasteiger partial charge in [0.05, 0.1) is 11.7 Å². The minimum Gasteiger partial charge on any atom is -0.423 e. The number of rotatable bonds is 8. The van der Waals surface area contributed by atoms with Gasteiger partial charge in [0.2, 0.25) is 0 Å². The van der Waals surface area contributed by atoms with Crippen LogP contribution in [-0.4, -0.2) is 23.1 Å². The van der Waals surface area contributed by atoms with Gasteiger partial charge in [-0.05, 0) is 43.4 Å². The van der Waals surface area contributed by atoms with Crippen LogP contribution in [0.2, 0.25) is 0 Å². The van der Waals surface area contributed by atoms with Crippen LogP contribution < -0.4 is 0 Å². The number of esters is 2. The molecule has 0 saturated heterocycles. The Morgan fingerprint density at radius 2 is 1.60 bits per heavy atom. The molecule has 0 saturated carbocycles. The Hall–Kier alpha value is -3.44. The van der Waals surface area contributed by atoms with Crippen molar-refractivity contribution in [2.45, 2.75) is 31.8 Å². The van der Waals surface area contributed by atoms with Gasteiger partial charge in [0.1, 0.15) is 11.5 Å². The van der Waals surface area contributed by atoms with E-state index in [0.29, 0.717) is 47.5 Å². The number of ether oxygens (including phenoxy) is 2. The van der Waals surface area contributed by atoms with E-state index in [-0.39, 0.29) is 0 Å². The van der Waals surface area contributed by atoms with Crippen LogP contribution in [0.4, 0.5) is 0 Å². The Kier molecular flexibility index (Phi) is 5.91. The Bertz CT molecular complexity index is 1030. The number of benzene rings is 2. The quantitative estimate of drug-likeness (QED) is 0.668. The zero-order valence-corrected chi connectivity index (χ0v) is 16.4. The normalized spacial score (nSPS) is 16.0. The summed E-state index contributed by atoms with van der Waals surface area (Å²) in [6.45, 7) is 0. The molecule has 0 fully saturated rings. The number of aryl methyl sites for hydroxylation is 1. The lowest BCUT2D eigenvalue weighted by Gasteiger charge is -2.13. The topological polar surface area (TPSA) is 72.8 Å². The fourth-order valence-electron chi connectivity index (χ4n) is 3.58. The van der Waals surface area contributed by atoms with E-state index in [9.17, 15) is 14.7 Å². The van der Waals surface area contributed by atoms with E-state index in [0.717, 1.165) is 6.42 Å². The van der Waals surface area contributed by atoms with E-state index >= 15 is 0 Å². The third-order valence-corrected chi connectivity index (χ3v) is 5.17. The van der Waals surface area contributed by atoms with Gasteiger partial charge in [0, 0.05) is 23.3 Å². The second-order valence-corrected chi connectivity index (χ2v) is 7.30. The summed E-state index contributed by atoms with van der Waals surface area (Å²) >= 11 is 0. The predicted molar refractivity (Wildman–Crippen MR) is 111 cm³/mol. The van der Waals surface area contributed by atoms with Crippen LogP contribution in [0, 0.1) is 0 Å². The molecule has 0 unspecified atom stereocenters. The van der Waals surface area contributed by atoms with Crippen molar-refractivity contribution in [2.75, 3.05) is 0 Å². The number of allylic oxidation sites excluding steroid dienone is 2. The third kappa shape index (κ3) is 4.58. The lowest BCUT2D eigenvalue weighted by Crippen LogP contribution is -2.10. The molecule has 1 aliphatic heterocycles. The van der Waals surface area contributed by atoms with Crippen molar-refractivity contribution in [3.05, 3.63) is 107 Å². The Morgan fingerprint density at radius 3 is 2.33 bits per heavy atom. The first-order valence-electron chi connectivity index (χ1n) is 9.98. The molecular formula is C25H22O5. The van der Waals surface area contributed by atoms with Gasteiger partial charge in [-0.3, -0.25) is 0 Å². The Morgan fingerprint density at radius 1 is 0.933 bits per heavy atom. The fourth-order valence-corrected chi connectivity index (χ4v) is 3.58. The van der Waals surface area contributed by atoms with E-state index in [4.69, 9.17) is 9.47 Å². The smallest absolute Gasteiger partial charge is 0.343 e. The van der Waals surface area contributed by atoms with Gasteiger partial charge in [-0.25, -0.2) is 9.59 Å². The van der Waals surface area contributed by atoms with E-state index in [2.05, 4.69) is 0 Å². The lowest BCUT2D eigenvalue weighted by atomic mass is 9.98. The van der Waals surface area contributed by atoms with Gasteiger partial charge in [0.25, 0.3) is 0 Å². The maximum atomic E-state index is 12.5. The van der Waals surface area contributed by atoms with Crippen LogP contribution in [-0.2, 0) is 20.7 Å². The standard InChI is InChI=1S/C25H22O5/c26-19(12-11-17-7-3-1-4-8-17)13-14-20-21-15-24(27)29-23(21)16-22(20)30-25(28)18-9-5-2-6-10-18/h1-10,15-16,19,26H,11-14H2/t19-/m1/s1. The summed E-state index contributed by atoms with van der Waals surface area (Å²) in [5.74, 6) is -0.152. The molecule has 4 rings (SSSR count). The van der Waals surface area contributed by atoms with Crippen LogP contribution in [0.5, 0.6) is 0 Å². The highest BCUT2D eigenvalue weighted by Crippen LogP contribution is 2.39. The van der Waals surface area contributed by atoms with E-state index in [1.54, 1.807) is 30.3 Å². The van der Waals surface area contributed by atoms with Crippen molar-refractivity contribution >= 4 is 11.9 Å². The van der Waals surface area contributed by atoms with E-state index in [1.165, 1.54) is 11.6 Å². The second-order valence-electron chi connectivity index (χ2n) is 7.30. The highest BCUT2D eigenvalue weighted by Gasteiger charge is 2.32. The summed E-state index contributed by atoms with van der Waals surface area (Å²) < 4.78 is 10.8. The maximum Gasteiger partial charge on any atom is 0.343 e. The number of hydrogen-bond acceptors (Lipinski definition) is 5. The molecule has 2 aliphatic rings. The molecule has 1 heterocycles. The number of hydrogen-bond donors (Lipinski definition) is 1. The zero-order valence-electron chi connectivity index (χ0n) is 16.4. The molecule has 2 aromatic rings. The van der Waals surface area contributed by atoms with Crippen LogP contribution in [0.15, 0.2) is 95.5 Å². The molecule has 0 spiro atoms. The second kappa shape index (κ2) is 8.93. The van der Waals surface area contributed by atoms with E-state index in [1.807, 2.05) is 36.4 Å². The summed E-state index contributed by atoms with van der Waals surface area (Å²) in [5, 5.41) is 10.4. The van der Waals surface area contributed by atoms with Crippen molar-refractivity contribution in [1.29, 1.82) is 0 Å². The number of aliphatic hydroxyl groups excluding tert-OH is 1. The first kappa shape index (κ1) is 19.9. The van der Waals surface area contributed by atoms with Crippen molar-refractivity contribution in [3.8, 4) is 0 Å². The van der Waals surface area contributed by atoms with Crippen LogP contribution in [0.1, 0.15) is 35.2 Å². The molecule has 0 radical (unpaired) electrons. The molecule has 1 aliphatic carbocycles. The van der Waals surface area contributed by atoms with Crippen molar-refractivity contribution in [3.63, 3.8) is 0 Å². The average Bonchev–Trinajstić information content (AvgIpc) is 3.27. The number of fused-ring (bicyclic) bond motifs is 1. The van der Waals surface area contributed by atoms with Crippen molar-refractivity contribution in [1.82, 2.24) is 0 Å². The molecule has 5 heteroatoms. The SMILES string of the molecule is O=C1C=C2C(=CC(OC(=O)c3ccccc3)=C2CC[C@H](O)CCc2ccccc2)O1. The zero-order chi connectivity index (χ0) is 20.9. The molecule has 152 valence electrons. The minimum atomic E-state index is -0.508. The van der Waals surface area contributed by atoms with Gasteiger partial charge in [-0.1, -0.05) is 48.5 Å². The molecule has 2 aromatic carbocycles. The largest absolute Gasteiger partial charge is 0.423 e. The number of carbonyl (C=O) groups excluding carboxylic acids is 2. The molecule has 0 amide bonds. The van der Waals surface area contributed by atoms with Gasteiger partial charge in [-0.2, -0.15) is 0 Å². The monoisotopic (exact) mass is 402 g/mol. The van der Waals surface area contributed by atoms with E-state index < -0.39 is 18.0 Å².